The van der Waals surface area contributed by atoms with Gasteiger partial charge in [0.2, 0.25) is 0 Å². The van der Waals surface area contributed by atoms with Crippen LogP contribution in [-0.4, -0.2) is 38.8 Å². The third-order valence-electron chi connectivity index (χ3n) is 8.23. The van der Waals surface area contributed by atoms with Crippen molar-refractivity contribution < 1.29 is 24.6 Å². The van der Waals surface area contributed by atoms with Crippen LogP contribution < -0.4 is 5.01 Å². The van der Waals surface area contributed by atoms with Crippen molar-refractivity contribution in [3.8, 4) is 10.6 Å². The molecule has 1 aromatic heterocycles. The number of carbonyl (C=O) groups excluding carboxylic acids is 1. The Hall–Kier alpha value is -3.59. The van der Waals surface area contributed by atoms with Gasteiger partial charge in [-0.2, -0.15) is 5.10 Å². The minimum Gasteiger partial charge on any atom is -0.478 e. The normalized spacial score (nSPS) is 13.2. The predicted octanol–water partition coefficient (Wildman–Crippen LogP) is 9.71. The van der Waals surface area contributed by atoms with Crippen molar-refractivity contribution >= 4 is 50.8 Å². The zero-order chi connectivity index (χ0) is 31.3. The Balaban J connectivity index is 1.19. The molecule has 0 saturated carbocycles. The van der Waals surface area contributed by atoms with E-state index in [1.807, 2.05) is 12.1 Å². The molecule has 4 rings (SSSR count). The summed E-state index contributed by atoms with van der Waals surface area (Å²) in [5, 5.41) is 25.5. The van der Waals surface area contributed by atoms with Gasteiger partial charge in [0, 0.05) is 11.3 Å². The zero-order valence-electron chi connectivity index (χ0n) is 25.9. The Kier molecular flexibility index (Phi) is 12.9. The summed E-state index contributed by atoms with van der Waals surface area (Å²) in [4.78, 5) is 40.4. The fraction of sp³-hybridized carbons (Fsp3) is 0.514. The maximum Gasteiger partial charge on any atom is 0.337 e. The second kappa shape index (κ2) is 17.0. The summed E-state index contributed by atoms with van der Waals surface area (Å²) in [5.41, 5.74) is 2.47. The molecule has 8 nitrogen and oxygen atoms in total. The van der Waals surface area contributed by atoms with Gasteiger partial charge in [0.05, 0.1) is 33.5 Å². The number of carbonyl (C=O) groups is 3. The molecule has 44 heavy (non-hydrogen) atoms. The van der Waals surface area contributed by atoms with Crippen LogP contribution in [0.25, 0.3) is 20.8 Å². The van der Waals surface area contributed by atoms with Crippen LogP contribution in [0.4, 0.5) is 5.69 Å². The van der Waals surface area contributed by atoms with Gasteiger partial charge in [0.25, 0.3) is 5.91 Å². The lowest BCUT2D eigenvalue weighted by molar-refractivity contribution is -0.116. The summed E-state index contributed by atoms with van der Waals surface area (Å²) in [6.45, 7) is 2.27. The summed E-state index contributed by atoms with van der Waals surface area (Å²) in [6.07, 6.45) is 21.1. The molecule has 9 heteroatoms. The summed E-state index contributed by atoms with van der Waals surface area (Å²) >= 11 is 1.20. The van der Waals surface area contributed by atoms with Crippen molar-refractivity contribution in [2.75, 3.05) is 5.01 Å². The Labute approximate surface area is 264 Å². The maximum atomic E-state index is 12.7. The van der Waals surface area contributed by atoms with E-state index >= 15 is 0 Å². The number of carboxylic acid groups (broad SMARTS) is 2. The summed E-state index contributed by atoms with van der Waals surface area (Å²) in [6, 6.07) is 9.80. The molecule has 0 unspecified atom stereocenters. The third-order valence-corrected chi connectivity index (χ3v) is 9.38. The number of hydrogen-bond acceptors (Lipinski definition) is 6. The van der Waals surface area contributed by atoms with Gasteiger partial charge in [0.15, 0.2) is 0 Å². The van der Waals surface area contributed by atoms with Crippen LogP contribution >= 0.6 is 11.3 Å². The number of benzene rings is 2. The molecule has 1 aliphatic heterocycles. The van der Waals surface area contributed by atoms with Crippen molar-refractivity contribution in [1.29, 1.82) is 0 Å². The number of aromatic carboxylic acids is 2. The van der Waals surface area contributed by atoms with E-state index in [4.69, 9.17) is 0 Å². The van der Waals surface area contributed by atoms with E-state index in [-0.39, 0.29) is 17.0 Å². The Morgan fingerprint density at radius 2 is 1.36 bits per heavy atom. The molecule has 2 heterocycles. The van der Waals surface area contributed by atoms with Crippen molar-refractivity contribution in [3.05, 3.63) is 47.5 Å². The molecule has 0 spiro atoms. The van der Waals surface area contributed by atoms with Gasteiger partial charge < -0.3 is 10.2 Å². The fourth-order valence-electron chi connectivity index (χ4n) is 5.71. The van der Waals surface area contributed by atoms with E-state index in [0.29, 0.717) is 27.3 Å². The highest BCUT2D eigenvalue weighted by Crippen LogP contribution is 2.34. The first-order chi connectivity index (χ1) is 21.4. The number of fused-ring (bicyclic) bond motifs is 1. The van der Waals surface area contributed by atoms with Gasteiger partial charge in [-0.1, -0.05) is 96.8 Å². The quantitative estimate of drug-likeness (QED) is 0.121. The number of unbranched alkanes of at least 4 members (excludes halogenated alkanes) is 14. The number of hydrogen-bond donors (Lipinski definition) is 2. The Bertz CT molecular complexity index is 1450. The largest absolute Gasteiger partial charge is 0.478 e. The van der Waals surface area contributed by atoms with Crippen molar-refractivity contribution in [2.45, 2.75) is 116 Å². The first-order valence-electron chi connectivity index (χ1n) is 16.3. The molecular formula is C35H45N3O5S. The molecule has 236 valence electrons. The highest BCUT2D eigenvalue weighted by atomic mass is 32.1. The molecule has 0 aliphatic carbocycles. The number of nitrogens with zero attached hydrogens (tertiary/aromatic N) is 3. The lowest BCUT2D eigenvalue weighted by Crippen LogP contribution is -2.19. The molecule has 2 aromatic carbocycles. The van der Waals surface area contributed by atoms with Crippen molar-refractivity contribution in [3.63, 3.8) is 0 Å². The molecule has 0 radical (unpaired) electrons. The lowest BCUT2D eigenvalue weighted by Gasteiger charge is -2.11. The third kappa shape index (κ3) is 9.45. The van der Waals surface area contributed by atoms with E-state index in [2.05, 4.69) is 17.0 Å². The molecule has 1 amide bonds. The monoisotopic (exact) mass is 619 g/mol. The number of amides is 1. The molecule has 0 atom stereocenters. The molecule has 3 aromatic rings. The van der Waals surface area contributed by atoms with E-state index < -0.39 is 11.9 Å². The molecule has 1 aliphatic rings. The van der Waals surface area contributed by atoms with Gasteiger partial charge in [0.1, 0.15) is 5.01 Å². The van der Waals surface area contributed by atoms with Gasteiger partial charge in [-0.25, -0.2) is 19.6 Å². The van der Waals surface area contributed by atoms with Gasteiger partial charge in [-0.15, -0.1) is 11.3 Å². The fourth-order valence-corrected chi connectivity index (χ4v) is 6.76. The van der Waals surface area contributed by atoms with Gasteiger partial charge in [-0.3, -0.25) is 4.79 Å². The topological polar surface area (TPSA) is 120 Å². The van der Waals surface area contributed by atoms with Crippen LogP contribution in [0, 0.1) is 0 Å². The Morgan fingerprint density at radius 1 is 0.795 bits per heavy atom. The average molecular weight is 620 g/mol. The molecule has 0 fully saturated rings. The van der Waals surface area contributed by atoms with Crippen LogP contribution in [0.15, 0.2) is 41.5 Å². The van der Waals surface area contributed by atoms with Crippen molar-refractivity contribution in [1.82, 2.24) is 4.98 Å². The van der Waals surface area contributed by atoms with E-state index in [0.717, 1.165) is 30.2 Å². The van der Waals surface area contributed by atoms with Gasteiger partial charge >= 0.3 is 11.9 Å². The van der Waals surface area contributed by atoms with E-state index in [9.17, 15) is 24.6 Å². The van der Waals surface area contributed by atoms with Crippen LogP contribution in [0.1, 0.15) is 137 Å². The van der Waals surface area contributed by atoms with Crippen LogP contribution in [0.2, 0.25) is 0 Å². The zero-order valence-corrected chi connectivity index (χ0v) is 26.7. The summed E-state index contributed by atoms with van der Waals surface area (Å²) in [5.74, 6) is -2.45. The highest BCUT2D eigenvalue weighted by molar-refractivity contribution is 7.22. The lowest BCUT2D eigenvalue weighted by atomic mass is 10.0. The number of anilines is 1. The SMILES string of the molecule is CCCCCCCCCCCCCCCCCC1=NN(c2ccc(-c3nc4cc(C(=O)O)cc(C(=O)O)c4s3)cc2)C(=O)C1. The first-order valence-corrected chi connectivity index (χ1v) is 17.1. The second-order valence-electron chi connectivity index (χ2n) is 11.8. The second-order valence-corrected chi connectivity index (χ2v) is 12.8. The van der Waals surface area contributed by atoms with E-state index in [1.54, 1.807) is 12.1 Å². The van der Waals surface area contributed by atoms with Crippen LogP contribution in [0.3, 0.4) is 0 Å². The minimum absolute atomic E-state index is 0.0407. The summed E-state index contributed by atoms with van der Waals surface area (Å²) < 4.78 is 0.421. The Morgan fingerprint density at radius 3 is 1.91 bits per heavy atom. The standard InChI is InChI=1S/C35H45N3O5S/c1-2-3-4-5-6-7-8-9-10-11-12-13-14-15-16-17-27-24-31(39)38(37-27)28-20-18-25(19-21-28)33-36-30-23-26(34(40)41)22-29(35(42)43)32(30)44-33/h18-23H,2-17,24H2,1H3,(H,40,41)(H,42,43). The predicted molar refractivity (Wildman–Crippen MR) is 178 cm³/mol. The summed E-state index contributed by atoms with van der Waals surface area (Å²) in [7, 11) is 0. The van der Waals surface area contributed by atoms with E-state index in [1.165, 1.54) is 112 Å². The number of aromatic nitrogens is 1. The smallest absolute Gasteiger partial charge is 0.337 e. The van der Waals surface area contributed by atoms with Crippen molar-refractivity contribution in [2.24, 2.45) is 5.10 Å². The number of thiazole rings is 1. The van der Waals surface area contributed by atoms with Gasteiger partial charge in [-0.05, 0) is 49.2 Å². The molecule has 0 saturated heterocycles. The minimum atomic E-state index is -1.21. The number of hydrazone groups is 1. The van der Waals surface area contributed by atoms with Crippen LogP contribution in [-0.2, 0) is 4.79 Å². The van der Waals surface area contributed by atoms with Crippen LogP contribution in [0.5, 0.6) is 0 Å². The average Bonchev–Trinajstić information content (AvgIpc) is 3.61. The number of carboxylic acids is 2. The maximum absolute atomic E-state index is 12.7. The molecule has 0 bridgehead atoms. The highest BCUT2D eigenvalue weighted by Gasteiger charge is 2.25. The molecular weight excluding hydrogens is 574 g/mol. The first kappa shape index (κ1) is 33.3. The number of rotatable bonds is 20. The molecule has 2 N–H and O–H groups in total.